The molecular formula is C18H13N5O2. The molecule has 7 nitrogen and oxygen atoms in total. The van der Waals surface area contributed by atoms with Crippen LogP contribution in [0.5, 0.6) is 11.5 Å². The van der Waals surface area contributed by atoms with Crippen molar-refractivity contribution in [3.05, 3.63) is 66.5 Å². The Hall–Kier alpha value is -3.48. The maximum atomic E-state index is 6.20. The number of benzene rings is 1. The summed E-state index contributed by atoms with van der Waals surface area (Å²) in [5.74, 6) is 1.33. The predicted molar refractivity (Wildman–Crippen MR) is 90.1 cm³/mol. The van der Waals surface area contributed by atoms with Crippen molar-refractivity contribution in [3.63, 3.8) is 0 Å². The number of fused-ring (bicyclic) bond motifs is 4. The highest BCUT2D eigenvalue weighted by molar-refractivity contribution is 5.79. The van der Waals surface area contributed by atoms with Gasteiger partial charge in [0.25, 0.3) is 6.02 Å². The number of para-hydroxylation sites is 1. The van der Waals surface area contributed by atoms with Crippen molar-refractivity contribution >= 4 is 6.02 Å². The molecule has 0 amide bonds. The third kappa shape index (κ3) is 1.92. The fourth-order valence-corrected chi connectivity index (χ4v) is 3.34. The SMILES string of the molecule is NC1=NC2(CO1)c1ccccc1Oc1c(-c3cncnc3)ccnc12. The lowest BCUT2D eigenvalue weighted by molar-refractivity contribution is 0.260. The van der Waals surface area contributed by atoms with E-state index < -0.39 is 5.54 Å². The lowest BCUT2D eigenvalue weighted by Gasteiger charge is -2.33. The Bertz CT molecular complexity index is 1010. The Morgan fingerprint density at radius 3 is 2.72 bits per heavy atom. The van der Waals surface area contributed by atoms with Crippen LogP contribution in [0.15, 0.2) is 60.2 Å². The van der Waals surface area contributed by atoms with Crippen molar-refractivity contribution in [2.45, 2.75) is 5.54 Å². The van der Waals surface area contributed by atoms with Crippen LogP contribution >= 0.6 is 0 Å². The Kier molecular flexibility index (Phi) is 2.79. The fourth-order valence-electron chi connectivity index (χ4n) is 3.34. The Balaban J connectivity index is 1.81. The molecule has 2 aliphatic heterocycles. The van der Waals surface area contributed by atoms with Crippen LogP contribution in [0.3, 0.4) is 0 Å². The van der Waals surface area contributed by atoms with Crippen molar-refractivity contribution in [1.29, 1.82) is 0 Å². The quantitative estimate of drug-likeness (QED) is 0.734. The van der Waals surface area contributed by atoms with Crippen LogP contribution in [-0.2, 0) is 10.3 Å². The summed E-state index contributed by atoms with van der Waals surface area (Å²) in [4.78, 5) is 17.4. The number of nitrogens with two attached hydrogens (primary N) is 1. The summed E-state index contributed by atoms with van der Waals surface area (Å²) < 4.78 is 11.7. The summed E-state index contributed by atoms with van der Waals surface area (Å²) in [6.45, 7) is 0.286. The molecule has 7 heteroatoms. The first-order chi connectivity index (χ1) is 12.3. The lowest BCUT2D eigenvalue weighted by atomic mass is 9.83. The highest BCUT2D eigenvalue weighted by Gasteiger charge is 2.48. The molecule has 3 aromatic rings. The first kappa shape index (κ1) is 13.9. The minimum atomic E-state index is -0.806. The highest BCUT2D eigenvalue weighted by atomic mass is 16.5. The van der Waals surface area contributed by atoms with Crippen LogP contribution in [0.1, 0.15) is 11.3 Å². The van der Waals surface area contributed by atoms with Crippen LogP contribution in [0.4, 0.5) is 0 Å². The Morgan fingerprint density at radius 1 is 1.08 bits per heavy atom. The Morgan fingerprint density at radius 2 is 1.92 bits per heavy atom. The summed E-state index contributed by atoms with van der Waals surface area (Å²) in [5, 5.41) is 0. The van der Waals surface area contributed by atoms with Crippen LogP contribution in [0.25, 0.3) is 11.1 Å². The smallest absolute Gasteiger partial charge is 0.283 e. The van der Waals surface area contributed by atoms with E-state index >= 15 is 0 Å². The van der Waals surface area contributed by atoms with Crippen LogP contribution in [0.2, 0.25) is 0 Å². The number of pyridine rings is 1. The molecule has 4 heterocycles. The fraction of sp³-hybridized carbons (Fsp3) is 0.111. The minimum Gasteiger partial charge on any atom is -0.462 e. The predicted octanol–water partition coefficient (Wildman–Crippen LogP) is 2.23. The average molecular weight is 331 g/mol. The highest BCUT2D eigenvalue weighted by Crippen LogP contribution is 2.52. The van der Waals surface area contributed by atoms with Crippen LogP contribution in [-0.4, -0.2) is 27.6 Å². The summed E-state index contributed by atoms with van der Waals surface area (Å²) >= 11 is 0. The molecule has 122 valence electrons. The van der Waals surface area contributed by atoms with Gasteiger partial charge in [0.2, 0.25) is 0 Å². The molecular weight excluding hydrogens is 318 g/mol. The van der Waals surface area contributed by atoms with E-state index in [0.717, 1.165) is 16.7 Å². The van der Waals surface area contributed by atoms with Gasteiger partial charge in [-0.3, -0.25) is 4.98 Å². The number of aliphatic imine (C=N–C) groups is 1. The molecule has 0 saturated carbocycles. The van der Waals surface area contributed by atoms with E-state index in [-0.39, 0.29) is 12.6 Å². The van der Waals surface area contributed by atoms with Crippen molar-refractivity contribution in [2.75, 3.05) is 6.61 Å². The molecule has 0 bridgehead atoms. The Labute approximate surface area is 143 Å². The first-order valence-electron chi connectivity index (χ1n) is 7.78. The topological polar surface area (TPSA) is 95.5 Å². The number of amidine groups is 1. The number of rotatable bonds is 1. The summed E-state index contributed by atoms with van der Waals surface area (Å²) in [5.41, 5.74) is 8.28. The molecule has 2 aromatic heterocycles. The zero-order valence-electron chi connectivity index (χ0n) is 13.1. The van der Waals surface area contributed by atoms with Crippen LogP contribution in [0, 0.1) is 0 Å². The van der Waals surface area contributed by atoms with Gasteiger partial charge in [0.1, 0.15) is 24.4 Å². The molecule has 1 spiro atoms. The van der Waals surface area contributed by atoms with E-state index in [9.17, 15) is 0 Å². The van der Waals surface area contributed by atoms with E-state index in [2.05, 4.69) is 19.9 Å². The van der Waals surface area contributed by atoms with Gasteiger partial charge in [0.15, 0.2) is 11.3 Å². The molecule has 2 N–H and O–H groups in total. The van der Waals surface area contributed by atoms with Crippen LogP contribution < -0.4 is 10.5 Å². The van der Waals surface area contributed by atoms with Gasteiger partial charge in [0, 0.05) is 35.3 Å². The summed E-state index contributed by atoms with van der Waals surface area (Å²) in [6.07, 6.45) is 6.69. The number of aromatic nitrogens is 3. The number of ether oxygens (including phenoxy) is 2. The van der Waals surface area contributed by atoms with Gasteiger partial charge >= 0.3 is 0 Å². The van der Waals surface area contributed by atoms with Gasteiger partial charge in [-0.2, -0.15) is 0 Å². The molecule has 1 atom stereocenters. The second kappa shape index (κ2) is 5.01. The second-order valence-electron chi connectivity index (χ2n) is 5.86. The molecule has 0 radical (unpaired) electrons. The monoisotopic (exact) mass is 331 g/mol. The van der Waals surface area contributed by atoms with Gasteiger partial charge in [0.05, 0.1) is 0 Å². The standard InChI is InChI=1S/C18H13N5O2/c19-17-23-18(9-24-17)13-3-1-2-4-14(13)25-15-12(5-6-22-16(15)18)11-7-20-10-21-8-11/h1-8,10H,9H2,(H2,19,23). The van der Waals surface area contributed by atoms with Crippen molar-refractivity contribution in [1.82, 2.24) is 15.0 Å². The van der Waals surface area contributed by atoms with Gasteiger partial charge < -0.3 is 15.2 Å². The van der Waals surface area contributed by atoms with Crippen molar-refractivity contribution < 1.29 is 9.47 Å². The van der Waals surface area contributed by atoms with Crippen molar-refractivity contribution in [3.8, 4) is 22.6 Å². The number of nitrogens with zero attached hydrogens (tertiary/aromatic N) is 4. The van der Waals surface area contributed by atoms with Gasteiger partial charge in [-0.25, -0.2) is 15.0 Å². The zero-order chi connectivity index (χ0) is 16.9. The third-order valence-corrected chi connectivity index (χ3v) is 4.44. The third-order valence-electron chi connectivity index (χ3n) is 4.44. The second-order valence-corrected chi connectivity index (χ2v) is 5.86. The molecule has 0 saturated heterocycles. The van der Waals surface area contributed by atoms with Crippen molar-refractivity contribution in [2.24, 2.45) is 10.7 Å². The average Bonchev–Trinajstić information content (AvgIpc) is 3.05. The maximum Gasteiger partial charge on any atom is 0.283 e. The summed E-state index contributed by atoms with van der Waals surface area (Å²) in [7, 11) is 0. The summed E-state index contributed by atoms with van der Waals surface area (Å²) in [6, 6.07) is 9.75. The molecule has 0 aliphatic carbocycles. The number of hydrogen-bond acceptors (Lipinski definition) is 7. The zero-order valence-corrected chi connectivity index (χ0v) is 13.1. The minimum absolute atomic E-state index is 0.151. The molecule has 5 rings (SSSR count). The largest absolute Gasteiger partial charge is 0.462 e. The van der Waals surface area contributed by atoms with Gasteiger partial charge in [-0.05, 0) is 12.1 Å². The normalized spacial score (nSPS) is 20.2. The molecule has 1 aromatic carbocycles. The molecule has 2 aliphatic rings. The lowest BCUT2D eigenvalue weighted by Crippen LogP contribution is -2.32. The van der Waals surface area contributed by atoms with Gasteiger partial charge in [-0.15, -0.1) is 0 Å². The molecule has 25 heavy (non-hydrogen) atoms. The number of hydrogen-bond donors (Lipinski definition) is 1. The van der Waals surface area contributed by atoms with E-state index in [4.69, 9.17) is 15.2 Å². The van der Waals surface area contributed by atoms with E-state index in [1.807, 2.05) is 30.3 Å². The van der Waals surface area contributed by atoms with Gasteiger partial charge in [-0.1, -0.05) is 18.2 Å². The van der Waals surface area contributed by atoms with E-state index in [1.165, 1.54) is 6.33 Å². The molecule has 0 fully saturated rings. The van der Waals surface area contributed by atoms with E-state index in [1.54, 1.807) is 18.6 Å². The maximum absolute atomic E-state index is 6.20. The first-order valence-corrected chi connectivity index (χ1v) is 7.78. The van der Waals surface area contributed by atoms with E-state index in [0.29, 0.717) is 17.2 Å². The molecule has 1 unspecified atom stereocenters.